The van der Waals surface area contributed by atoms with Crippen LogP contribution in [-0.2, 0) is 16.0 Å². The van der Waals surface area contributed by atoms with Gasteiger partial charge in [0.25, 0.3) is 5.91 Å². The minimum absolute atomic E-state index is 0.175. The molecule has 0 atom stereocenters. The molecule has 138 valence electrons. The Kier molecular flexibility index (Phi) is 6.66. The lowest BCUT2D eigenvalue weighted by atomic mass is 10.1. The number of aryl methyl sites for hydroxylation is 2. The molecule has 5 nitrogen and oxygen atoms in total. The largest absolute Gasteiger partial charge is 0.452 e. The first-order valence-electron chi connectivity index (χ1n) is 8.01. The number of rotatable bonds is 7. The minimum Gasteiger partial charge on any atom is -0.452 e. The molecule has 0 aliphatic heterocycles. The number of esters is 1. The van der Waals surface area contributed by atoms with Gasteiger partial charge in [0.05, 0.1) is 0 Å². The van der Waals surface area contributed by atoms with Gasteiger partial charge in [0.1, 0.15) is 11.3 Å². The van der Waals surface area contributed by atoms with Crippen LogP contribution < -0.4 is 10.1 Å². The number of hydrogen-bond acceptors (Lipinski definition) is 4. The van der Waals surface area contributed by atoms with E-state index < -0.39 is 25.1 Å². The molecule has 0 spiro atoms. The van der Waals surface area contributed by atoms with Crippen LogP contribution in [0.1, 0.15) is 28.4 Å². The normalized spacial score (nSPS) is 10.5. The standard InChI is InChI=1S/C19H19F2NO4/c1-3-13-8-6-7-12(2)17(13)22-16(23)11-25-18(24)14-9-4-5-10-15(14)26-19(20)21/h4-10,19H,3,11H2,1-2H3,(H,22,23). The third-order valence-corrected chi connectivity index (χ3v) is 3.66. The average molecular weight is 363 g/mol. The van der Waals surface area contributed by atoms with Gasteiger partial charge in [-0.1, -0.05) is 37.3 Å². The van der Waals surface area contributed by atoms with E-state index in [2.05, 4.69) is 10.1 Å². The van der Waals surface area contributed by atoms with E-state index in [1.54, 1.807) is 0 Å². The molecule has 0 bridgehead atoms. The van der Waals surface area contributed by atoms with Gasteiger partial charge >= 0.3 is 12.6 Å². The minimum atomic E-state index is -3.07. The van der Waals surface area contributed by atoms with Gasteiger partial charge in [-0.05, 0) is 36.6 Å². The lowest BCUT2D eigenvalue weighted by Crippen LogP contribution is -2.22. The summed E-state index contributed by atoms with van der Waals surface area (Å²) in [5.41, 5.74) is 2.35. The van der Waals surface area contributed by atoms with E-state index in [-0.39, 0.29) is 11.3 Å². The number of ether oxygens (including phenoxy) is 2. The Morgan fingerprint density at radius 3 is 2.54 bits per heavy atom. The Balaban J connectivity index is 2.01. The smallest absolute Gasteiger partial charge is 0.387 e. The van der Waals surface area contributed by atoms with E-state index in [1.165, 1.54) is 24.3 Å². The Labute approximate surface area is 149 Å². The number of amides is 1. The number of carbonyl (C=O) groups excluding carboxylic acids is 2. The van der Waals surface area contributed by atoms with Crippen LogP contribution in [0.3, 0.4) is 0 Å². The topological polar surface area (TPSA) is 64.6 Å². The zero-order chi connectivity index (χ0) is 19.1. The van der Waals surface area contributed by atoms with E-state index in [0.717, 1.165) is 17.5 Å². The van der Waals surface area contributed by atoms with Gasteiger partial charge in [-0.3, -0.25) is 4.79 Å². The van der Waals surface area contributed by atoms with E-state index in [4.69, 9.17) is 4.74 Å². The highest BCUT2D eigenvalue weighted by Gasteiger charge is 2.18. The Hall–Kier alpha value is -2.96. The van der Waals surface area contributed by atoms with Crippen molar-refractivity contribution in [1.82, 2.24) is 0 Å². The summed E-state index contributed by atoms with van der Waals surface area (Å²) in [6, 6.07) is 11.1. The van der Waals surface area contributed by atoms with Crippen molar-refractivity contribution in [2.75, 3.05) is 11.9 Å². The molecule has 1 N–H and O–H groups in total. The van der Waals surface area contributed by atoms with Crippen molar-refractivity contribution in [2.45, 2.75) is 26.9 Å². The molecule has 0 saturated heterocycles. The van der Waals surface area contributed by atoms with Gasteiger partial charge in [0.2, 0.25) is 0 Å². The first-order valence-corrected chi connectivity index (χ1v) is 8.01. The highest BCUT2D eigenvalue weighted by Crippen LogP contribution is 2.22. The molecule has 2 rings (SSSR count). The fourth-order valence-electron chi connectivity index (χ4n) is 2.42. The van der Waals surface area contributed by atoms with Crippen molar-refractivity contribution in [3.05, 3.63) is 59.2 Å². The first-order chi connectivity index (χ1) is 12.4. The second-order valence-electron chi connectivity index (χ2n) is 5.46. The maximum atomic E-state index is 12.4. The van der Waals surface area contributed by atoms with Crippen molar-refractivity contribution in [3.63, 3.8) is 0 Å². The first kappa shape index (κ1) is 19.4. The molecule has 26 heavy (non-hydrogen) atoms. The average Bonchev–Trinajstić information content (AvgIpc) is 2.61. The van der Waals surface area contributed by atoms with Crippen LogP contribution in [0.2, 0.25) is 0 Å². The number of halogens is 2. The van der Waals surface area contributed by atoms with Gasteiger partial charge in [-0.15, -0.1) is 0 Å². The van der Waals surface area contributed by atoms with Gasteiger partial charge in [-0.2, -0.15) is 8.78 Å². The zero-order valence-electron chi connectivity index (χ0n) is 14.4. The molecule has 0 fully saturated rings. The van der Waals surface area contributed by atoms with Crippen LogP contribution >= 0.6 is 0 Å². The number of alkyl halides is 2. The van der Waals surface area contributed by atoms with Crippen molar-refractivity contribution in [2.24, 2.45) is 0 Å². The lowest BCUT2D eigenvalue weighted by Gasteiger charge is -2.13. The van der Waals surface area contributed by atoms with Gasteiger partial charge < -0.3 is 14.8 Å². The molecule has 0 unspecified atom stereocenters. The van der Waals surface area contributed by atoms with Gasteiger partial charge in [-0.25, -0.2) is 4.79 Å². The van der Waals surface area contributed by atoms with Crippen LogP contribution in [0.5, 0.6) is 5.75 Å². The Morgan fingerprint density at radius 1 is 1.12 bits per heavy atom. The quantitative estimate of drug-likeness (QED) is 0.757. The number of carbonyl (C=O) groups is 2. The summed E-state index contributed by atoms with van der Waals surface area (Å²) in [4.78, 5) is 24.2. The molecule has 0 radical (unpaired) electrons. The summed E-state index contributed by atoms with van der Waals surface area (Å²) in [5.74, 6) is -1.74. The number of hydrogen-bond donors (Lipinski definition) is 1. The molecule has 0 saturated carbocycles. The number of nitrogens with one attached hydrogen (secondary N) is 1. The maximum absolute atomic E-state index is 12.4. The molecule has 1 amide bonds. The van der Waals surface area contributed by atoms with E-state index in [9.17, 15) is 18.4 Å². The summed E-state index contributed by atoms with van der Waals surface area (Å²) in [7, 11) is 0. The number of para-hydroxylation sites is 2. The fraction of sp³-hybridized carbons (Fsp3) is 0.263. The van der Waals surface area contributed by atoms with Crippen molar-refractivity contribution in [1.29, 1.82) is 0 Å². The highest BCUT2D eigenvalue weighted by atomic mass is 19.3. The number of anilines is 1. The van der Waals surface area contributed by atoms with Gasteiger partial charge in [0, 0.05) is 5.69 Å². The van der Waals surface area contributed by atoms with Gasteiger partial charge in [0.15, 0.2) is 6.61 Å². The molecule has 7 heteroatoms. The highest BCUT2D eigenvalue weighted by molar-refractivity contribution is 5.97. The molecular formula is C19H19F2NO4. The second-order valence-corrected chi connectivity index (χ2v) is 5.46. The van der Waals surface area contributed by atoms with E-state index in [1.807, 2.05) is 32.0 Å². The Bertz CT molecular complexity index is 793. The maximum Gasteiger partial charge on any atom is 0.387 e. The summed E-state index contributed by atoms with van der Waals surface area (Å²) in [6.45, 7) is 0.211. The van der Waals surface area contributed by atoms with Crippen LogP contribution in [0.25, 0.3) is 0 Å². The SMILES string of the molecule is CCc1cccc(C)c1NC(=O)COC(=O)c1ccccc1OC(F)F. The van der Waals surface area contributed by atoms with E-state index in [0.29, 0.717) is 5.69 Å². The van der Waals surface area contributed by atoms with Crippen molar-refractivity contribution in [3.8, 4) is 5.75 Å². The summed E-state index contributed by atoms with van der Waals surface area (Å²) in [6.07, 6.45) is 0.732. The van der Waals surface area contributed by atoms with Crippen LogP contribution in [0, 0.1) is 6.92 Å². The fourth-order valence-corrected chi connectivity index (χ4v) is 2.42. The molecular weight excluding hydrogens is 344 g/mol. The molecule has 0 aromatic heterocycles. The van der Waals surface area contributed by atoms with Crippen LogP contribution in [-0.4, -0.2) is 25.1 Å². The predicted molar refractivity (Wildman–Crippen MR) is 92.5 cm³/mol. The summed E-state index contributed by atoms with van der Waals surface area (Å²) >= 11 is 0. The summed E-state index contributed by atoms with van der Waals surface area (Å²) in [5, 5.41) is 2.72. The molecule has 0 heterocycles. The monoisotopic (exact) mass is 363 g/mol. The summed E-state index contributed by atoms with van der Waals surface area (Å²) < 4.78 is 34.0. The zero-order valence-corrected chi connectivity index (χ0v) is 14.4. The number of benzene rings is 2. The molecule has 2 aromatic carbocycles. The van der Waals surface area contributed by atoms with Crippen LogP contribution in [0.4, 0.5) is 14.5 Å². The Morgan fingerprint density at radius 2 is 1.85 bits per heavy atom. The molecule has 2 aromatic rings. The van der Waals surface area contributed by atoms with Crippen LogP contribution in [0.15, 0.2) is 42.5 Å². The third kappa shape index (κ3) is 5.02. The molecule has 0 aliphatic carbocycles. The van der Waals surface area contributed by atoms with Crippen molar-refractivity contribution < 1.29 is 27.8 Å². The second kappa shape index (κ2) is 8.94. The lowest BCUT2D eigenvalue weighted by molar-refractivity contribution is -0.119. The molecule has 0 aliphatic rings. The predicted octanol–water partition coefficient (Wildman–Crippen LogP) is 3.95. The van der Waals surface area contributed by atoms with E-state index >= 15 is 0 Å². The van der Waals surface area contributed by atoms with Crippen molar-refractivity contribution >= 4 is 17.6 Å². The third-order valence-electron chi connectivity index (χ3n) is 3.66.